The van der Waals surface area contributed by atoms with Crippen LogP contribution in [0.5, 0.6) is 0 Å². The summed E-state index contributed by atoms with van der Waals surface area (Å²) in [6, 6.07) is 6.09. The highest BCUT2D eigenvalue weighted by atomic mass is 32.3. The molecule has 6 heteroatoms. The monoisotopic (exact) mass is 351 g/mol. The highest BCUT2D eigenvalue weighted by molar-refractivity contribution is 8.23. The van der Waals surface area contributed by atoms with E-state index in [1.807, 2.05) is 32.9 Å². The molecule has 0 fully saturated rings. The van der Waals surface area contributed by atoms with Crippen molar-refractivity contribution in [2.24, 2.45) is 0 Å². The zero-order chi connectivity index (χ0) is 17.5. The Hall–Kier alpha value is -1.50. The minimum atomic E-state index is -2.48. The molecule has 1 aromatic carbocycles. The van der Waals surface area contributed by atoms with Gasteiger partial charge in [-0.3, -0.25) is 9.11 Å². The first-order chi connectivity index (χ1) is 11.1. The molecule has 1 aromatic rings. The molecule has 1 amide bonds. The van der Waals surface area contributed by atoms with Gasteiger partial charge in [0.2, 0.25) is 0 Å². The van der Waals surface area contributed by atoms with E-state index >= 15 is 0 Å². The largest absolute Gasteiger partial charge is 0.444 e. The van der Waals surface area contributed by atoms with Crippen molar-refractivity contribution in [1.29, 1.82) is 0 Å². The van der Waals surface area contributed by atoms with Crippen LogP contribution in [0.1, 0.15) is 43.9 Å². The van der Waals surface area contributed by atoms with E-state index < -0.39 is 16.2 Å². The first-order valence-corrected chi connectivity index (χ1v) is 10.0. The molecule has 0 atom stereocenters. The molecular weight excluding hydrogens is 326 g/mol. The number of benzene rings is 1. The Balaban J connectivity index is 1.69. The highest BCUT2D eigenvalue weighted by Gasteiger charge is 2.27. The number of nitrogens with zero attached hydrogens (tertiary/aromatic N) is 1. The van der Waals surface area contributed by atoms with Crippen molar-refractivity contribution in [3.05, 3.63) is 41.0 Å². The fourth-order valence-corrected chi connectivity index (χ4v) is 4.72. The van der Waals surface area contributed by atoms with Crippen LogP contribution in [0.3, 0.4) is 0 Å². The van der Waals surface area contributed by atoms with Crippen LogP contribution in [0.15, 0.2) is 24.3 Å². The van der Waals surface area contributed by atoms with Crippen molar-refractivity contribution in [3.8, 4) is 0 Å². The molecular formula is C18H25NO4S. The number of hydrogen-bond acceptors (Lipinski definition) is 4. The van der Waals surface area contributed by atoms with Crippen molar-refractivity contribution in [3.63, 3.8) is 0 Å². The van der Waals surface area contributed by atoms with Crippen molar-refractivity contribution in [2.75, 3.05) is 13.1 Å². The summed E-state index contributed by atoms with van der Waals surface area (Å²) < 4.78 is 25.2. The van der Waals surface area contributed by atoms with E-state index in [0.29, 0.717) is 24.6 Å². The van der Waals surface area contributed by atoms with Gasteiger partial charge in [0, 0.05) is 13.1 Å². The molecule has 0 saturated heterocycles. The molecule has 0 aromatic heterocycles. The molecule has 2 heterocycles. The van der Waals surface area contributed by atoms with Crippen molar-refractivity contribution in [1.82, 2.24) is 4.90 Å². The van der Waals surface area contributed by atoms with Gasteiger partial charge in [-0.25, -0.2) is 4.79 Å². The van der Waals surface area contributed by atoms with Gasteiger partial charge in [0.05, 0.1) is 11.5 Å². The normalized spacial score (nSPS) is 21.0. The number of carbonyl (C=O) groups is 1. The maximum absolute atomic E-state index is 12.1. The molecule has 2 aliphatic heterocycles. The van der Waals surface area contributed by atoms with E-state index in [0.717, 1.165) is 23.1 Å². The maximum Gasteiger partial charge on any atom is 0.410 e. The Morgan fingerprint density at radius 3 is 2.54 bits per heavy atom. The molecule has 2 aliphatic rings. The van der Waals surface area contributed by atoms with Gasteiger partial charge in [-0.1, -0.05) is 18.2 Å². The van der Waals surface area contributed by atoms with Crippen LogP contribution >= 0.6 is 10.6 Å². The molecule has 132 valence electrons. The number of amides is 1. The van der Waals surface area contributed by atoms with E-state index in [1.165, 1.54) is 5.57 Å². The minimum Gasteiger partial charge on any atom is -0.444 e. The average Bonchev–Trinajstić information content (AvgIpc) is 2.78. The summed E-state index contributed by atoms with van der Waals surface area (Å²) in [6.45, 7) is 6.77. The number of rotatable bonds is 1. The molecule has 24 heavy (non-hydrogen) atoms. The zero-order valence-corrected chi connectivity index (χ0v) is 15.2. The van der Waals surface area contributed by atoms with Gasteiger partial charge in [-0.2, -0.15) is 10.6 Å². The van der Waals surface area contributed by atoms with Gasteiger partial charge >= 0.3 is 6.09 Å². The fraction of sp³-hybridized carbons (Fsp3) is 0.500. The van der Waals surface area contributed by atoms with Crippen LogP contribution in [0.2, 0.25) is 0 Å². The molecule has 0 unspecified atom stereocenters. The lowest BCUT2D eigenvalue weighted by atomic mass is 9.96. The Labute approximate surface area is 144 Å². The van der Waals surface area contributed by atoms with Crippen molar-refractivity contribution >= 4 is 22.3 Å². The molecule has 0 radical (unpaired) electrons. The molecule has 2 N–H and O–H groups in total. The maximum atomic E-state index is 12.1. The number of hydrogen-bond donors (Lipinski definition) is 2. The van der Waals surface area contributed by atoms with Crippen LogP contribution < -0.4 is 0 Å². The van der Waals surface area contributed by atoms with Crippen LogP contribution in [0, 0.1) is 0 Å². The Morgan fingerprint density at radius 2 is 1.92 bits per heavy atom. The predicted octanol–water partition coefficient (Wildman–Crippen LogP) is 4.48. The topological polar surface area (TPSA) is 70.0 Å². The summed E-state index contributed by atoms with van der Waals surface area (Å²) >= 11 is 0. The van der Waals surface area contributed by atoms with E-state index in [1.54, 1.807) is 4.90 Å². The molecule has 0 spiro atoms. The molecule has 0 saturated carbocycles. The first kappa shape index (κ1) is 17.3. The summed E-state index contributed by atoms with van der Waals surface area (Å²) in [6.07, 6.45) is 2.55. The second kappa shape index (κ2) is 6.10. The second-order valence-corrected chi connectivity index (χ2v) is 9.66. The van der Waals surface area contributed by atoms with E-state index in [4.69, 9.17) is 4.74 Å². The van der Waals surface area contributed by atoms with Gasteiger partial charge in [0.1, 0.15) is 5.60 Å². The highest BCUT2D eigenvalue weighted by Crippen LogP contribution is 2.52. The van der Waals surface area contributed by atoms with E-state index in [-0.39, 0.29) is 6.09 Å². The Kier molecular flexibility index (Phi) is 4.40. The lowest BCUT2D eigenvalue weighted by Gasteiger charge is -2.29. The SMILES string of the molecule is CC(C)(C)OC(=O)N1CC=C(c2ccc3c(c2)CS(O)(O)C3)CC1. The van der Waals surface area contributed by atoms with Gasteiger partial charge in [0.15, 0.2) is 0 Å². The smallest absolute Gasteiger partial charge is 0.410 e. The van der Waals surface area contributed by atoms with E-state index in [9.17, 15) is 13.9 Å². The standard InChI is InChI=1S/C18H25NO4S/c1-18(2,3)23-17(20)19-8-6-13(7-9-19)14-4-5-15-11-24(21,22)12-16(15)10-14/h4-6,10,21-22H,7-9,11-12H2,1-3H3. The summed E-state index contributed by atoms with van der Waals surface area (Å²) in [5.41, 5.74) is 3.88. The molecule has 5 nitrogen and oxygen atoms in total. The molecule has 3 rings (SSSR count). The number of fused-ring (bicyclic) bond motifs is 1. The summed E-state index contributed by atoms with van der Waals surface area (Å²) in [4.78, 5) is 13.8. The van der Waals surface area contributed by atoms with Gasteiger partial charge in [-0.05, 0) is 55.5 Å². The molecule has 0 bridgehead atoms. The number of carbonyl (C=O) groups excluding carboxylic acids is 1. The third-order valence-corrected chi connectivity index (χ3v) is 5.76. The van der Waals surface area contributed by atoms with Gasteiger partial charge in [-0.15, -0.1) is 0 Å². The first-order valence-electron chi connectivity index (χ1n) is 8.16. The van der Waals surface area contributed by atoms with Crippen LogP contribution in [0.25, 0.3) is 5.57 Å². The summed E-state index contributed by atoms with van der Waals surface area (Å²) in [5.74, 6) is 0.724. The van der Waals surface area contributed by atoms with Gasteiger partial charge in [0.25, 0.3) is 0 Å². The average molecular weight is 351 g/mol. The minimum absolute atomic E-state index is 0.277. The van der Waals surface area contributed by atoms with Gasteiger partial charge < -0.3 is 9.64 Å². The van der Waals surface area contributed by atoms with Crippen LogP contribution in [-0.4, -0.2) is 38.8 Å². The molecule has 0 aliphatic carbocycles. The van der Waals surface area contributed by atoms with E-state index in [2.05, 4.69) is 12.1 Å². The number of ether oxygens (including phenoxy) is 1. The third-order valence-electron chi connectivity index (χ3n) is 4.21. The summed E-state index contributed by atoms with van der Waals surface area (Å²) in [7, 11) is -2.48. The van der Waals surface area contributed by atoms with Crippen LogP contribution in [-0.2, 0) is 16.2 Å². The fourth-order valence-electron chi connectivity index (χ4n) is 3.07. The quantitative estimate of drug-likeness (QED) is 0.783. The predicted molar refractivity (Wildman–Crippen MR) is 97.1 cm³/mol. The third kappa shape index (κ3) is 3.94. The van der Waals surface area contributed by atoms with Crippen molar-refractivity contribution in [2.45, 2.75) is 44.3 Å². The lowest BCUT2D eigenvalue weighted by Crippen LogP contribution is -2.39. The lowest BCUT2D eigenvalue weighted by molar-refractivity contribution is 0.0270. The Morgan fingerprint density at radius 1 is 1.21 bits per heavy atom. The zero-order valence-electron chi connectivity index (χ0n) is 14.4. The summed E-state index contributed by atoms with van der Waals surface area (Å²) in [5, 5.41) is 0. The van der Waals surface area contributed by atoms with Crippen LogP contribution in [0.4, 0.5) is 4.79 Å². The Bertz CT molecular complexity index is 691. The van der Waals surface area contributed by atoms with Crippen molar-refractivity contribution < 1.29 is 18.6 Å². The second-order valence-electron chi connectivity index (χ2n) is 7.48.